The van der Waals surface area contributed by atoms with E-state index in [4.69, 9.17) is 28.4 Å². The maximum absolute atomic E-state index is 12.5. The summed E-state index contributed by atoms with van der Waals surface area (Å²) in [6.07, 6.45) is -0.0743. The Morgan fingerprint density at radius 3 is 1.41 bits per heavy atom. The van der Waals surface area contributed by atoms with E-state index >= 15 is 0 Å². The lowest BCUT2D eigenvalue weighted by molar-refractivity contribution is -0.143. The van der Waals surface area contributed by atoms with Gasteiger partial charge < -0.3 is 39.1 Å². The normalized spacial score (nSPS) is 19.3. The van der Waals surface area contributed by atoms with E-state index in [0.717, 1.165) is 24.0 Å². The van der Waals surface area contributed by atoms with Crippen molar-refractivity contribution in [2.45, 2.75) is 71.0 Å². The van der Waals surface area contributed by atoms with Crippen molar-refractivity contribution >= 4 is 24.1 Å². The van der Waals surface area contributed by atoms with Crippen LogP contribution in [0.4, 0.5) is 9.59 Å². The lowest BCUT2D eigenvalue weighted by atomic mass is 9.78. The largest absolute Gasteiger partial charge is 0.490 e. The molecule has 2 N–H and O–H groups in total. The maximum atomic E-state index is 12.5. The van der Waals surface area contributed by atoms with Crippen molar-refractivity contribution in [2.75, 3.05) is 39.5 Å². The van der Waals surface area contributed by atoms with Crippen LogP contribution in [-0.2, 0) is 34.0 Å². The van der Waals surface area contributed by atoms with Crippen molar-refractivity contribution in [1.82, 2.24) is 10.6 Å². The number of nitrogens with one attached hydrogen (secondary N) is 2. The van der Waals surface area contributed by atoms with Crippen molar-refractivity contribution in [3.05, 3.63) is 84.0 Å². The Kier molecular flexibility index (Phi) is 15.0. The van der Waals surface area contributed by atoms with Crippen LogP contribution in [0.25, 0.3) is 0 Å². The Morgan fingerprint density at radius 1 is 0.694 bits per heavy atom. The van der Waals surface area contributed by atoms with Gasteiger partial charge in [-0.2, -0.15) is 0 Å². The summed E-state index contributed by atoms with van der Waals surface area (Å²) < 4.78 is 33.3. The summed E-state index contributed by atoms with van der Waals surface area (Å²) in [5.74, 6) is -0.0685. The second-order valence-electron chi connectivity index (χ2n) is 12.4. The summed E-state index contributed by atoms with van der Waals surface area (Å²) in [4.78, 5) is 49.0. The van der Waals surface area contributed by atoms with Crippen LogP contribution in [0.3, 0.4) is 0 Å². The molecule has 5 rings (SSSR count). The third kappa shape index (κ3) is 13.2. The number of fused-ring (bicyclic) bond motifs is 2. The first-order valence-corrected chi connectivity index (χ1v) is 16.4. The van der Waals surface area contributed by atoms with Crippen LogP contribution in [0.2, 0.25) is 0 Å². The smallest absolute Gasteiger partial charge is 0.407 e. The van der Waals surface area contributed by atoms with E-state index in [1.54, 1.807) is 0 Å². The highest BCUT2D eigenvalue weighted by Crippen LogP contribution is 2.33. The lowest BCUT2D eigenvalue weighted by Crippen LogP contribution is -2.36. The minimum atomic E-state index is -0.855. The van der Waals surface area contributed by atoms with E-state index in [-0.39, 0.29) is 43.0 Å². The second-order valence-corrected chi connectivity index (χ2v) is 12.4. The number of benzene rings is 2. The summed E-state index contributed by atoms with van der Waals surface area (Å²) in [5.41, 5.74) is 2.12. The topological polar surface area (TPSA) is 148 Å². The van der Waals surface area contributed by atoms with Crippen LogP contribution in [-0.4, -0.2) is 75.9 Å². The molecule has 12 nitrogen and oxygen atoms in total. The number of ether oxygens (including phenoxy) is 6. The van der Waals surface area contributed by atoms with Gasteiger partial charge in [-0.25, -0.2) is 19.2 Å². The summed E-state index contributed by atoms with van der Waals surface area (Å²) in [6, 6.07) is 15.1. The molecule has 3 heterocycles. The number of carbonyl (C=O) groups is 4. The number of alkyl carbamates (subject to hydrolysis) is 2. The van der Waals surface area contributed by atoms with Gasteiger partial charge in [-0.1, -0.05) is 64.1 Å². The number of esters is 2. The van der Waals surface area contributed by atoms with Gasteiger partial charge in [0.2, 0.25) is 0 Å². The van der Waals surface area contributed by atoms with E-state index < -0.39 is 36.3 Å². The number of amides is 2. The fourth-order valence-corrected chi connectivity index (χ4v) is 4.67. The highest BCUT2D eigenvalue weighted by Gasteiger charge is 2.24. The van der Waals surface area contributed by atoms with E-state index in [1.807, 2.05) is 48.5 Å². The van der Waals surface area contributed by atoms with Gasteiger partial charge in [-0.15, -0.1) is 0 Å². The molecule has 2 atom stereocenters. The van der Waals surface area contributed by atoms with Crippen LogP contribution < -0.4 is 20.1 Å². The highest BCUT2D eigenvalue weighted by atomic mass is 16.6. The van der Waals surface area contributed by atoms with Crippen LogP contribution in [0.5, 0.6) is 11.5 Å². The molecule has 0 saturated heterocycles. The predicted molar refractivity (Wildman–Crippen MR) is 183 cm³/mol. The Balaban J connectivity index is 1.75. The monoisotopic (exact) mass is 680 g/mol. The van der Waals surface area contributed by atoms with Crippen molar-refractivity contribution in [2.24, 2.45) is 0 Å². The van der Waals surface area contributed by atoms with Gasteiger partial charge in [-0.3, -0.25) is 0 Å². The molecular formula is C37H48N2O10. The molecule has 3 aliphatic rings. The van der Waals surface area contributed by atoms with Gasteiger partial charge in [0.1, 0.15) is 37.9 Å². The van der Waals surface area contributed by atoms with E-state index in [2.05, 4.69) is 37.6 Å². The van der Waals surface area contributed by atoms with Crippen LogP contribution in [0.1, 0.15) is 64.5 Å². The molecule has 266 valence electrons. The van der Waals surface area contributed by atoms with Gasteiger partial charge in [0.05, 0.1) is 0 Å². The van der Waals surface area contributed by atoms with Gasteiger partial charge in [0.15, 0.2) is 12.2 Å². The molecule has 49 heavy (non-hydrogen) atoms. The van der Waals surface area contributed by atoms with Crippen molar-refractivity contribution in [3.63, 3.8) is 0 Å². The van der Waals surface area contributed by atoms with E-state index in [1.165, 1.54) is 13.8 Å². The zero-order valence-corrected chi connectivity index (χ0v) is 28.8. The van der Waals surface area contributed by atoms with Crippen molar-refractivity contribution in [3.8, 4) is 11.5 Å². The third-order valence-corrected chi connectivity index (χ3v) is 7.71. The molecule has 0 aliphatic carbocycles. The molecule has 0 spiro atoms. The number of carbonyl (C=O) groups excluding carboxylic acids is 4. The zero-order valence-electron chi connectivity index (χ0n) is 28.8. The number of hydrogen-bond donors (Lipinski definition) is 2. The molecule has 0 radical (unpaired) electrons. The predicted octanol–water partition coefficient (Wildman–Crippen LogP) is 5.77. The maximum Gasteiger partial charge on any atom is 0.407 e. The second kappa shape index (κ2) is 19.1. The third-order valence-electron chi connectivity index (χ3n) is 7.71. The average molecular weight is 681 g/mol. The number of rotatable bonds is 6. The number of hydrogen-bond acceptors (Lipinski definition) is 10. The lowest BCUT2D eigenvalue weighted by Gasteiger charge is -2.27. The molecular weight excluding hydrogens is 632 g/mol. The van der Waals surface area contributed by atoms with Gasteiger partial charge in [0, 0.05) is 29.7 Å². The Morgan fingerprint density at radius 2 is 1.06 bits per heavy atom. The molecule has 2 amide bonds. The van der Waals surface area contributed by atoms with Gasteiger partial charge >= 0.3 is 24.1 Å². The van der Waals surface area contributed by atoms with Crippen molar-refractivity contribution < 1.29 is 47.6 Å². The fourth-order valence-electron chi connectivity index (χ4n) is 4.67. The van der Waals surface area contributed by atoms with Crippen molar-refractivity contribution in [1.29, 1.82) is 0 Å². The minimum absolute atomic E-state index is 0.0340. The minimum Gasteiger partial charge on any atom is -0.490 e. The molecule has 2 unspecified atom stereocenters. The Hall–Kier alpha value is -5.00. The standard InChI is InChI=1S/C37H48N2O10/c1-25(2)33(40)46-23-31-21-44-29-15-11-27(12-16-29)37(5,6)28-13-17-30(18-14-28)45-22-32(24-47-34(41)26(3)4)49-36(43)39-20-10-8-7-9-19-38-35(42)48-31/h11-18,31-32H,1,3,7-10,19-24H2,2,4-6H3,(H,38,42)(H,39,43). The average Bonchev–Trinajstić information content (AvgIpc) is 3.07. The van der Waals surface area contributed by atoms with Crippen LogP contribution in [0.15, 0.2) is 72.8 Å². The summed E-state index contributed by atoms with van der Waals surface area (Å²) >= 11 is 0. The Labute approximate surface area is 288 Å². The zero-order chi connectivity index (χ0) is 35.8. The summed E-state index contributed by atoms with van der Waals surface area (Å²) in [7, 11) is 0. The molecule has 2 aromatic rings. The first kappa shape index (κ1) is 38.4. The first-order valence-electron chi connectivity index (χ1n) is 16.4. The molecule has 0 aromatic heterocycles. The highest BCUT2D eigenvalue weighted by molar-refractivity contribution is 5.87. The quantitative estimate of drug-likeness (QED) is 0.219. The van der Waals surface area contributed by atoms with E-state index in [9.17, 15) is 19.2 Å². The van der Waals surface area contributed by atoms with Crippen LogP contribution in [0, 0.1) is 0 Å². The molecule has 0 saturated carbocycles. The summed E-state index contributed by atoms with van der Waals surface area (Å²) in [5, 5.41) is 5.43. The fraction of sp³-hybridized carbons (Fsp3) is 0.459. The molecule has 12 heteroatoms. The summed E-state index contributed by atoms with van der Waals surface area (Å²) in [6.45, 7) is 14.7. The van der Waals surface area contributed by atoms with Gasteiger partial charge in [-0.05, 0) is 62.1 Å². The first-order chi connectivity index (χ1) is 23.3. The molecule has 3 aliphatic heterocycles. The van der Waals surface area contributed by atoms with Crippen LogP contribution >= 0.6 is 0 Å². The molecule has 0 fully saturated rings. The Bertz CT molecular complexity index is 1330. The molecule has 2 aromatic carbocycles. The molecule has 4 bridgehead atoms. The SMILES string of the molecule is C=C(C)C(=O)OCC1COc2ccc(cc2)C(C)(C)c2ccc(cc2)OCC(COC(=O)C(=C)C)OC(=O)NCCCCCCNC(=O)O1. The van der Waals surface area contributed by atoms with Gasteiger partial charge in [0.25, 0.3) is 0 Å². The van der Waals surface area contributed by atoms with E-state index in [0.29, 0.717) is 37.4 Å².